The number of carbonyl (C=O) groups excluding carboxylic acids is 2. The predicted octanol–water partition coefficient (Wildman–Crippen LogP) is 5.82. The average molecular weight is 587 g/mol. The molecule has 0 saturated carbocycles. The highest BCUT2D eigenvalue weighted by atomic mass is 35.5. The molecule has 0 unspecified atom stereocenters. The number of nitrogens with zero attached hydrogens (tertiary/aromatic N) is 1. The van der Waals surface area contributed by atoms with Gasteiger partial charge in [0, 0.05) is 11.4 Å². The van der Waals surface area contributed by atoms with E-state index in [4.69, 9.17) is 37.4 Å². The molecular formula is C30H33Cl2N3O5. The number of carbonyl (C=O) groups is 2. The number of ether oxygens (including phenoxy) is 3. The third-order valence-corrected chi connectivity index (χ3v) is 6.03. The van der Waals surface area contributed by atoms with Crippen molar-refractivity contribution in [3.8, 4) is 17.2 Å². The first-order valence-corrected chi connectivity index (χ1v) is 13.6. The zero-order chi connectivity index (χ0) is 29.1. The second-order valence-corrected chi connectivity index (χ2v) is 9.97. The first kappa shape index (κ1) is 30.8. The Kier molecular flexibility index (Phi) is 11.7. The van der Waals surface area contributed by atoms with Crippen molar-refractivity contribution in [2.24, 2.45) is 5.10 Å². The Hall–Kier alpha value is -3.75. The Morgan fingerprint density at radius 1 is 0.900 bits per heavy atom. The van der Waals surface area contributed by atoms with Crippen LogP contribution < -0.4 is 25.0 Å². The van der Waals surface area contributed by atoms with E-state index in [9.17, 15) is 9.59 Å². The van der Waals surface area contributed by atoms with E-state index >= 15 is 0 Å². The second kappa shape index (κ2) is 15.1. The van der Waals surface area contributed by atoms with E-state index in [1.54, 1.807) is 37.3 Å². The van der Waals surface area contributed by atoms with E-state index in [0.29, 0.717) is 34.4 Å². The molecule has 8 nitrogen and oxygen atoms in total. The van der Waals surface area contributed by atoms with Crippen molar-refractivity contribution < 1.29 is 23.8 Å². The van der Waals surface area contributed by atoms with Gasteiger partial charge in [0.25, 0.3) is 11.8 Å². The number of hydrogen-bond donors (Lipinski definition) is 2. The molecule has 0 saturated heterocycles. The van der Waals surface area contributed by atoms with Gasteiger partial charge in [-0.15, -0.1) is 0 Å². The molecule has 0 aliphatic rings. The Labute approximate surface area is 244 Å². The lowest BCUT2D eigenvalue weighted by Gasteiger charge is -2.21. The van der Waals surface area contributed by atoms with Crippen molar-refractivity contribution in [3.05, 3.63) is 87.9 Å². The highest BCUT2D eigenvalue weighted by molar-refractivity contribution is 6.35. The molecule has 2 atom stereocenters. The fourth-order valence-corrected chi connectivity index (χ4v) is 4.09. The molecule has 0 aliphatic carbocycles. The van der Waals surface area contributed by atoms with E-state index < -0.39 is 24.0 Å². The highest BCUT2D eigenvalue weighted by Crippen LogP contribution is 2.29. The van der Waals surface area contributed by atoms with Gasteiger partial charge in [-0.25, -0.2) is 5.43 Å². The topological polar surface area (TPSA) is 98.2 Å². The van der Waals surface area contributed by atoms with E-state index in [1.165, 1.54) is 12.3 Å². The van der Waals surface area contributed by atoms with Gasteiger partial charge in [0.2, 0.25) is 0 Å². The fraction of sp³-hybridized carbons (Fsp3) is 0.300. The first-order valence-electron chi connectivity index (χ1n) is 12.9. The average Bonchev–Trinajstić information content (AvgIpc) is 2.91. The summed E-state index contributed by atoms with van der Waals surface area (Å²) in [6.07, 6.45) is 0.802. The minimum Gasteiger partial charge on any atom is -0.490 e. The lowest BCUT2D eigenvalue weighted by molar-refractivity contribution is -0.132. The van der Waals surface area contributed by atoms with Gasteiger partial charge in [-0.1, -0.05) is 53.5 Å². The minimum absolute atomic E-state index is 0.00827. The number of amides is 2. The van der Waals surface area contributed by atoms with Crippen molar-refractivity contribution >= 4 is 41.2 Å². The van der Waals surface area contributed by atoms with E-state index in [0.717, 1.165) is 5.56 Å². The largest absolute Gasteiger partial charge is 0.490 e. The summed E-state index contributed by atoms with van der Waals surface area (Å²) in [5.74, 6) is 0.525. The van der Waals surface area contributed by atoms with Gasteiger partial charge < -0.3 is 19.5 Å². The number of nitrogens with one attached hydrogen (secondary N) is 2. The maximum Gasteiger partial charge on any atom is 0.262 e. The molecule has 0 aliphatic heterocycles. The summed E-state index contributed by atoms with van der Waals surface area (Å²) in [4.78, 5) is 26.1. The molecule has 0 aromatic heterocycles. The number of benzene rings is 3. The SMILES string of the molecule is CCOc1cc(/C=N\NC(=O)[C@H](Cc2ccccc2)NC(=O)[C@@H](C)Oc2ccc(Cl)cc2Cl)ccc1OC(C)C. The van der Waals surface area contributed by atoms with Crippen molar-refractivity contribution in [1.29, 1.82) is 0 Å². The summed E-state index contributed by atoms with van der Waals surface area (Å²) in [7, 11) is 0. The quantitative estimate of drug-likeness (QED) is 0.194. The van der Waals surface area contributed by atoms with Gasteiger partial charge in [0.15, 0.2) is 17.6 Å². The maximum atomic E-state index is 13.1. The maximum absolute atomic E-state index is 13.1. The van der Waals surface area contributed by atoms with Crippen LogP contribution in [0.25, 0.3) is 0 Å². The van der Waals surface area contributed by atoms with E-state index in [2.05, 4.69) is 15.8 Å². The van der Waals surface area contributed by atoms with Crippen molar-refractivity contribution in [3.63, 3.8) is 0 Å². The molecule has 3 aromatic rings. The standard InChI is InChI=1S/C30H33Cl2N3O5/c1-5-38-28-16-22(11-13-27(28)39-19(2)3)18-33-35-30(37)25(15-21-9-7-6-8-10-21)34-29(36)20(4)40-26-14-12-23(31)17-24(26)32/h6-14,16-20,25H,5,15H2,1-4H3,(H,34,36)(H,35,37)/b33-18-/t20-,25+/m1/s1. The molecule has 3 aromatic carbocycles. The van der Waals surface area contributed by atoms with Crippen LogP contribution in [0.2, 0.25) is 10.0 Å². The smallest absolute Gasteiger partial charge is 0.262 e. The molecule has 0 spiro atoms. The Morgan fingerprint density at radius 2 is 1.62 bits per heavy atom. The normalized spacial score (nSPS) is 12.6. The summed E-state index contributed by atoms with van der Waals surface area (Å²) < 4.78 is 17.2. The van der Waals surface area contributed by atoms with Crippen LogP contribution >= 0.6 is 23.2 Å². The zero-order valence-corrected chi connectivity index (χ0v) is 24.3. The monoisotopic (exact) mass is 585 g/mol. The minimum atomic E-state index is -0.934. The molecule has 3 rings (SSSR count). The summed E-state index contributed by atoms with van der Waals surface area (Å²) in [6, 6.07) is 18.5. The molecule has 2 N–H and O–H groups in total. The van der Waals surface area contributed by atoms with Gasteiger partial charge >= 0.3 is 0 Å². The number of hydrogen-bond acceptors (Lipinski definition) is 6. The van der Waals surface area contributed by atoms with Crippen LogP contribution in [0.1, 0.15) is 38.8 Å². The molecule has 0 heterocycles. The summed E-state index contributed by atoms with van der Waals surface area (Å²) in [5.41, 5.74) is 4.09. The van der Waals surface area contributed by atoms with Crippen LogP contribution in [0.5, 0.6) is 17.2 Å². The Balaban J connectivity index is 1.70. The Bertz CT molecular complexity index is 1320. The van der Waals surface area contributed by atoms with Crippen LogP contribution in [-0.2, 0) is 16.0 Å². The van der Waals surface area contributed by atoms with Gasteiger partial charge in [0.1, 0.15) is 11.8 Å². The van der Waals surface area contributed by atoms with Gasteiger partial charge in [-0.05, 0) is 75.2 Å². The lowest BCUT2D eigenvalue weighted by atomic mass is 10.1. The van der Waals surface area contributed by atoms with Crippen LogP contribution in [0, 0.1) is 0 Å². The van der Waals surface area contributed by atoms with Crippen LogP contribution in [0.3, 0.4) is 0 Å². The molecular weight excluding hydrogens is 553 g/mol. The summed E-state index contributed by atoms with van der Waals surface area (Å²) in [5, 5.41) is 7.59. The number of rotatable bonds is 13. The molecule has 0 fully saturated rings. The second-order valence-electron chi connectivity index (χ2n) is 9.13. The van der Waals surface area contributed by atoms with E-state index in [1.807, 2.05) is 51.1 Å². The van der Waals surface area contributed by atoms with Crippen LogP contribution in [0.4, 0.5) is 0 Å². The lowest BCUT2D eigenvalue weighted by Crippen LogP contribution is -2.50. The molecule has 2 amide bonds. The molecule has 40 heavy (non-hydrogen) atoms. The van der Waals surface area contributed by atoms with E-state index in [-0.39, 0.29) is 17.5 Å². The van der Waals surface area contributed by atoms with Crippen molar-refractivity contribution in [2.45, 2.75) is 52.4 Å². The summed E-state index contributed by atoms with van der Waals surface area (Å²) >= 11 is 12.1. The number of halogens is 2. The molecule has 0 radical (unpaired) electrons. The van der Waals surface area contributed by atoms with Crippen molar-refractivity contribution in [1.82, 2.24) is 10.7 Å². The predicted molar refractivity (Wildman–Crippen MR) is 158 cm³/mol. The third kappa shape index (κ3) is 9.47. The third-order valence-electron chi connectivity index (χ3n) is 5.50. The number of hydrazone groups is 1. The van der Waals surface area contributed by atoms with Gasteiger partial charge in [-0.2, -0.15) is 5.10 Å². The van der Waals surface area contributed by atoms with Crippen molar-refractivity contribution in [2.75, 3.05) is 6.61 Å². The van der Waals surface area contributed by atoms with Gasteiger partial charge in [0.05, 0.1) is 23.9 Å². The molecule has 10 heteroatoms. The van der Waals surface area contributed by atoms with Crippen LogP contribution in [0.15, 0.2) is 71.8 Å². The summed E-state index contributed by atoms with van der Waals surface area (Å²) in [6.45, 7) is 7.80. The fourth-order valence-electron chi connectivity index (χ4n) is 3.64. The first-order chi connectivity index (χ1) is 19.2. The Morgan fingerprint density at radius 3 is 2.30 bits per heavy atom. The molecule has 212 valence electrons. The zero-order valence-electron chi connectivity index (χ0n) is 22.8. The highest BCUT2D eigenvalue weighted by Gasteiger charge is 2.25. The van der Waals surface area contributed by atoms with Gasteiger partial charge in [-0.3, -0.25) is 9.59 Å². The molecule has 0 bridgehead atoms. The van der Waals surface area contributed by atoms with Crippen LogP contribution in [-0.4, -0.2) is 42.9 Å².